The van der Waals surface area contributed by atoms with Crippen LogP contribution >= 0.6 is 0 Å². The number of anilines is 1. The molecule has 1 aliphatic carbocycles. The molecule has 0 amide bonds. The first-order valence-electron chi connectivity index (χ1n) is 6.81. The van der Waals surface area contributed by atoms with E-state index >= 15 is 0 Å². The van der Waals surface area contributed by atoms with Crippen LogP contribution in [0.3, 0.4) is 0 Å². The Kier molecular flexibility index (Phi) is 2.15. The Morgan fingerprint density at radius 2 is 2.12 bits per heavy atom. The van der Waals surface area contributed by atoms with E-state index in [-0.39, 0.29) is 0 Å². The maximum absolute atomic E-state index is 4.69. The van der Waals surface area contributed by atoms with E-state index in [1.54, 1.807) is 0 Å². The van der Waals surface area contributed by atoms with E-state index in [1.807, 2.05) is 0 Å². The summed E-state index contributed by atoms with van der Waals surface area (Å²) < 4.78 is 0. The lowest BCUT2D eigenvalue weighted by Gasteiger charge is -2.36. The molecule has 92 valence electrons. The van der Waals surface area contributed by atoms with Crippen LogP contribution in [-0.4, -0.2) is 40.9 Å². The molecular formula is C12H19N5. The summed E-state index contributed by atoms with van der Waals surface area (Å²) in [5.74, 6) is 3.50. The smallest absolute Gasteiger partial charge is 0.245 e. The van der Waals surface area contributed by atoms with E-state index in [4.69, 9.17) is 0 Å². The van der Waals surface area contributed by atoms with Gasteiger partial charge in [0.1, 0.15) is 5.82 Å². The number of rotatable bonds is 2. The highest BCUT2D eigenvalue weighted by Gasteiger charge is 2.37. The van der Waals surface area contributed by atoms with Gasteiger partial charge < -0.3 is 10.2 Å². The second-order valence-corrected chi connectivity index (χ2v) is 5.62. The fourth-order valence-corrected chi connectivity index (χ4v) is 3.25. The number of aromatic amines is 1. The number of H-pyrrole nitrogens is 1. The fourth-order valence-electron chi connectivity index (χ4n) is 3.25. The van der Waals surface area contributed by atoms with Gasteiger partial charge in [-0.3, -0.25) is 5.10 Å². The van der Waals surface area contributed by atoms with Crippen LogP contribution in [0.2, 0.25) is 0 Å². The van der Waals surface area contributed by atoms with Gasteiger partial charge in [-0.25, -0.2) is 0 Å². The summed E-state index contributed by atoms with van der Waals surface area (Å²) in [5.41, 5.74) is 0. The summed E-state index contributed by atoms with van der Waals surface area (Å²) in [6.45, 7) is 3.38. The van der Waals surface area contributed by atoms with Crippen molar-refractivity contribution in [1.29, 1.82) is 0 Å². The minimum absolute atomic E-state index is 0.617. The molecule has 0 bridgehead atoms. The first kappa shape index (κ1) is 9.88. The van der Waals surface area contributed by atoms with Crippen LogP contribution in [0.15, 0.2) is 0 Å². The van der Waals surface area contributed by atoms with E-state index in [0.717, 1.165) is 30.8 Å². The standard InChI is InChI=1S/C12H19N5/c1-2-9-6-13-7-10(9)17(5-1)12-14-11(15-16-12)8-3-4-8/h8-10,13H,1-7H2,(H,14,15,16). The number of hydrogen-bond acceptors (Lipinski definition) is 4. The van der Waals surface area contributed by atoms with Crippen LogP contribution < -0.4 is 10.2 Å². The third kappa shape index (κ3) is 1.64. The molecule has 2 atom stereocenters. The first-order chi connectivity index (χ1) is 8.42. The van der Waals surface area contributed by atoms with E-state index < -0.39 is 0 Å². The van der Waals surface area contributed by atoms with Crippen molar-refractivity contribution >= 4 is 5.95 Å². The highest BCUT2D eigenvalue weighted by Crippen LogP contribution is 2.39. The molecule has 0 spiro atoms. The van der Waals surface area contributed by atoms with Gasteiger partial charge in [0, 0.05) is 31.6 Å². The topological polar surface area (TPSA) is 56.8 Å². The number of nitrogens with one attached hydrogen (secondary N) is 2. The molecule has 4 rings (SSSR count). The molecule has 1 saturated carbocycles. The SMILES string of the molecule is C1CC2CNCC2N(c2n[nH]c(C3CC3)n2)C1. The predicted molar refractivity (Wildman–Crippen MR) is 65.1 cm³/mol. The third-order valence-electron chi connectivity index (χ3n) is 4.39. The largest absolute Gasteiger partial charge is 0.335 e. The van der Waals surface area contributed by atoms with Gasteiger partial charge in [-0.1, -0.05) is 0 Å². The Balaban J connectivity index is 1.58. The van der Waals surface area contributed by atoms with Crippen LogP contribution in [0.1, 0.15) is 37.4 Å². The number of fused-ring (bicyclic) bond motifs is 1. The third-order valence-corrected chi connectivity index (χ3v) is 4.39. The van der Waals surface area contributed by atoms with Crippen molar-refractivity contribution in [2.24, 2.45) is 5.92 Å². The van der Waals surface area contributed by atoms with Crippen molar-refractivity contribution in [1.82, 2.24) is 20.5 Å². The average Bonchev–Trinajstić information content (AvgIpc) is 2.93. The van der Waals surface area contributed by atoms with Crippen molar-refractivity contribution in [3.8, 4) is 0 Å². The summed E-state index contributed by atoms with van der Waals surface area (Å²) in [6, 6.07) is 0.617. The second kappa shape index (κ2) is 3.70. The number of piperidine rings is 1. The highest BCUT2D eigenvalue weighted by molar-refractivity contribution is 5.34. The molecule has 2 saturated heterocycles. The Bertz CT molecular complexity index is 411. The molecule has 2 aliphatic heterocycles. The van der Waals surface area contributed by atoms with Crippen LogP contribution in [0.5, 0.6) is 0 Å². The predicted octanol–water partition coefficient (Wildman–Crippen LogP) is 0.870. The zero-order valence-electron chi connectivity index (χ0n) is 10.0. The fraction of sp³-hybridized carbons (Fsp3) is 0.833. The molecule has 17 heavy (non-hydrogen) atoms. The Hall–Kier alpha value is -1.10. The molecule has 1 aromatic rings. The molecule has 2 unspecified atom stereocenters. The summed E-state index contributed by atoms with van der Waals surface area (Å²) in [6.07, 6.45) is 5.19. The van der Waals surface area contributed by atoms with Crippen molar-refractivity contribution in [2.75, 3.05) is 24.5 Å². The van der Waals surface area contributed by atoms with Crippen LogP contribution in [0, 0.1) is 5.92 Å². The molecule has 2 N–H and O–H groups in total. The summed E-state index contributed by atoms with van der Waals surface area (Å²) in [5, 5.41) is 11.0. The number of nitrogens with zero attached hydrogens (tertiary/aromatic N) is 3. The van der Waals surface area contributed by atoms with Gasteiger partial charge >= 0.3 is 0 Å². The van der Waals surface area contributed by atoms with Crippen molar-refractivity contribution < 1.29 is 0 Å². The van der Waals surface area contributed by atoms with Crippen LogP contribution in [0.25, 0.3) is 0 Å². The quantitative estimate of drug-likeness (QED) is 0.796. The molecule has 0 aromatic carbocycles. The molecule has 3 fully saturated rings. The van der Waals surface area contributed by atoms with E-state index in [0.29, 0.717) is 12.0 Å². The number of hydrogen-bond donors (Lipinski definition) is 2. The van der Waals surface area contributed by atoms with Crippen LogP contribution in [-0.2, 0) is 0 Å². The molecular weight excluding hydrogens is 214 g/mol. The highest BCUT2D eigenvalue weighted by atomic mass is 15.4. The Labute approximate surface area is 101 Å². The molecule has 0 radical (unpaired) electrons. The van der Waals surface area contributed by atoms with Gasteiger partial charge in [0.2, 0.25) is 5.95 Å². The molecule has 1 aromatic heterocycles. The van der Waals surface area contributed by atoms with Gasteiger partial charge in [-0.2, -0.15) is 4.98 Å². The van der Waals surface area contributed by atoms with E-state index in [2.05, 4.69) is 25.4 Å². The normalized spacial score (nSPS) is 32.8. The summed E-state index contributed by atoms with van der Waals surface area (Å²) in [4.78, 5) is 7.10. The minimum atomic E-state index is 0.617. The summed E-state index contributed by atoms with van der Waals surface area (Å²) >= 11 is 0. The Morgan fingerprint density at radius 3 is 3.00 bits per heavy atom. The van der Waals surface area contributed by atoms with Crippen LogP contribution in [0.4, 0.5) is 5.95 Å². The lowest BCUT2D eigenvalue weighted by Crippen LogP contribution is -2.45. The average molecular weight is 233 g/mol. The van der Waals surface area contributed by atoms with Gasteiger partial charge in [0.15, 0.2) is 0 Å². The maximum Gasteiger partial charge on any atom is 0.245 e. The van der Waals surface area contributed by atoms with Gasteiger partial charge in [-0.05, 0) is 31.6 Å². The van der Waals surface area contributed by atoms with Gasteiger partial charge in [0.25, 0.3) is 0 Å². The molecule has 5 heteroatoms. The van der Waals surface area contributed by atoms with Crippen molar-refractivity contribution in [3.05, 3.63) is 5.82 Å². The zero-order chi connectivity index (χ0) is 11.2. The molecule has 3 heterocycles. The lowest BCUT2D eigenvalue weighted by molar-refractivity contribution is 0.381. The minimum Gasteiger partial charge on any atom is -0.335 e. The molecule has 5 nitrogen and oxygen atoms in total. The Morgan fingerprint density at radius 1 is 1.18 bits per heavy atom. The lowest BCUT2D eigenvalue weighted by atomic mass is 9.92. The van der Waals surface area contributed by atoms with Gasteiger partial charge in [0.05, 0.1) is 0 Å². The second-order valence-electron chi connectivity index (χ2n) is 5.62. The van der Waals surface area contributed by atoms with E-state index in [9.17, 15) is 0 Å². The van der Waals surface area contributed by atoms with Gasteiger partial charge in [-0.15, -0.1) is 5.10 Å². The number of aromatic nitrogens is 3. The molecule has 3 aliphatic rings. The first-order valence-corrected chi connectivity index (χ1v) is 6.81. The maximum atomic E-state index is 4.69. The van der Waals surface area contributed by atoms with Crippen molar-refractivity contribution in [3.63, 3.8) is 0 Å². The summed E-state index contributed by atoms with van der Waals surface area (Å²) in [7, 11) is 0. The van der Waals surface area contributed by atoms with Crippen molar-refractivity contribution in [2.45, 2.75) is 37.6 Å². The van der Waals surface area contributed by atoms with E-state index in [1.165, 1.54) is 32.2 Å². The zero-order valence-corrected chi connectivity index (χ0v) is 10.0. The monoisotopic (exact) mass is 233 g/mol.